The van der Waals surface area contributed by atoms with Gasteiger partial charge in [-0.1, -0.05) is 12.1 Å². The van der Waals surface area contributed by atoms with Crippen LogP contribution in [0.1, 0.15) is 30.3 Å². The lowest BCUT2D eigenvalue weighted by molar-refractivity contribution is -0.134. The Morgan fingerprint density at radius 3 is 3.04 bits per heavy atom. The third-order valence-corrected chi connectivity index (χ3v) is 4.07. The summed E-state index contributed by atoms with van der Waals surface area (Å²) in [7, 11) is 0. The van der Waals surface area contributed by atoms with Gasteiger partial charge in [0, 0.05) is 30.9 Å². The SMILES string of the molecule is Cc1cnc(C2CCCN(C(=O)COc3ccccc3F)C2)[nH]1. The highest BCUT2D eigenvalue weighted by Crippen LogP contribution is 2.25. The molecule has 2 heterocycles. The number of halogens is 1. The number of carbonyl (C=O) groups is 1. The molecule has 1 aliphatic heterocycles. The molecule has 1 atom stereocenters. The Morgan fingerprint density at radius 1 is 1.48 bits per heavy atom. The molecule has 0 radical (unpaired) electrons. The van der Waals surface area contributed by atoms with Crippen molar-refractivity contribution in [3.8, 4) is 5.75 Å². The molecule has 3 rings (SSSR count). The molecule has 0 saturated carbocycles. The quantitative estimate of drug-likeness (QED) is 0.943. The van der Waals surface area contributed by atoms with Gasteiger partial charge >= 0.3 is 0 Å². The maximum absolute atomic E-state index is 13.5. The summed E-state index contributed by atoms with van der Waals surface area (Å²) in [5.74, 6) is 0.671. The molecule has 1 amide bonds. The van der Waals surface area contributed by atoms with E-state index in [0.717, 1.165) is 24.4 Å². The van der Waals surface area contributed by atoms with E-state index in [2.05, 4.69) is 9.97 Å². The van der Waals surface area contributed by atoms with E-state index < -0.39 is 5.82 Å². The van der Waals surface area contributed by atoms with Crippen molar-refractivity contribution in [2.45, 2.75) is 25.7 Å². The van der Waals surface area contributed by atoms with E-state index in [1.807, 2.05) is 6.92 Å². The Bertz CT molecular complexity index is 686. The van der Waals surface area contributed by atoms with Crippen LogP contribution in [0.15, 0.2) is 30.5 Å². The average Bonchev–Trinajstić information content (AvgIpc) is 3.00. The van der Waals surface area contributed by atoms with Crippen molar-refractivity contribution >= 4 is 5.91 Å². The number of carbonyl (C=O) groups excluding carboxylic acids is 1. The lowest BCUT2D eigenvalue weighted by atomic mass is 9.97. The number of imidazole rings is 1. The van der Waals surface area contributed by atoms with Crippen molar-refractivity contribution in [3.05, 3.63) is 47.8 Å². The number of aromatic nitrogens is 2. The van der Waals surface area contributed by atoms with E-state index in [1.165, 1.54) is 12.1 Å². The molecular formula is C17H20FN3O2. The summed E-state index contributed by atoms with van der Waals surface area (Å²) in [6.07, 6.45) is 3.73. The third kappa shape index (κ3) is 3.70. The fourth-order valence-electron chi connectivity index (χ4n) is 2.86. The van der Waals surface area contributed by atoms with Gasteiger partial charge in [0.1, 0.15) is 5.82 Å². The van der Waals surface area contributed by atoms with E-state index in [0.29, 0.717) is 13.1 Å². The van der Waals surface area contributed by atoms with Gasteiger partial charge in [-0.25, -0.2) is 9.37 Å². The molecule has 0 aliphatic carbocycles. The Hall–Kier alpha value is -2.37. The maximum atomic E-state index is 13.5. The van der Waals surface area contributed by atoms with Gasteiger partial charge in [-0.05, 0) is 31.9 Å². The van der Waals surface area contributed by atoms with Crippen molar-refractivity contribution in [2.75, 3.05) is 19.7 Å². The maximum Gasteiger partial charge on any atom is 0.260 e. The summed E-state index contributed by atoms with van der Waals surface area (Å²) in [6.45, 7) is 3.14. The first kappa shape index (κ1) is 15.5. The lowest BCUT2D eigenvalue weighted by Crippen LogP contribution is -2.41. The second kappa shape index (κ2) is 6.81. The van der Waals surface area contributed by atoms with Crippen LogP contribution in [0.25, 0.3) is 0 Å². The van der Waals surface area contributed by atoms with Crippen LogP contribution >= 0.6 is 0 Å². The summed E-state index contributed by atoms with van der Waals surface area (Å²) in [4.78, 5) is 21.7. The zero-order chi connectivity index (χ0) is 16.2. The number of aromatic amines is 1. The van der Waals surface area contributed by atoms with E-state index in [4.69, 9.17) is 4.74 Å². The molecule has 1 N–H and O–H groups in total. The van der Waals surface area contributed by atoms with E-state index in [9.17, 15) is 9.18 Å². The number of H-pyrrole nitrogens is 1. The van der Waals surface area contributed by atoms with E-state index >= 15 is 0 Å². The number of nitrogens with one attached hydrogen (secondary N) is 1. The number of piperidine rings is 1. The molecular weight excluding hydrogens is 297 g/mol. The molecule has 1 saturated heterocycles. The molecule has 6 heteroatoms. The molecule has 122 valence electrons. The van der Waals surface area contributed by atoms with Crippen LogP contribution < -0.4 is 4.74 Å². The third-order valence-electron chi connectivity index (χ3n) is 4.07. The lowest BCUT2D eigenvalue weighted by Gasteiger charge is -2.31. The first-order chi connectivity index (χ1) is 11.1. The average molecular weight is 317 g/mol. The number of amides is 1. The minimum absolute atomic E-state index is 0.107. The molecule has 23 heavy (non-hydrogen) atoms. The Kier molecular flexibility index (Phi) is 4.60. The fourth-order valence-corrected chi connectivity index (χ4v) is 2.86. The van der Waals surface area contributed by atoms with Crippen molar-refractivity contribution in [1.82, 2.24) is 14.9 Å². The Balaban J connectivity index is 1.58. The molecule has 0 spiro atoms. The second-order valence-electron chi connectivity index (χ2n) is 5.85. The Labute approximate surface area is 134 Å². The van der Waals surface area contributed by atoms with E-state index in [-0.39, 0.29) is 24.2 Å². The number of hydrogen-bond acceptors (Lipinski definition) is 3. The van der Waals surface area contributed by atoms with Crippen LogP contribution in [0.5, 0.6) is 5.75 Å². The largest absolute Gasteiger partial charge is 0.481 e. The molecule has 5 nitrogen and oxygen atoms in total. The summed E-state index contributed by atoms with van der Waals surface area (Å²) < 4.78 is 18.8. The molecule has 1 fully saturated rings. The van der Waals surface area contributed by atoms with Gasteiger partial charge in [0.25, 0.3) is 5.91 Å². The Morgan fingerprint density at radius 2 is 2.30 bits per heavy atom. The fraction of sp³-hybridized carbons (Fsp3) is 0.412. The molecule has 1 aliphatic rings. The minimum atomic E-state index is -0.456. The van der Waals surface area contributed by atoms with Crippen LogP contribution in [0.3, 0.4) is 0 Å². The van der Waals surface area contributed by atoms with Gasteiger partial charge in [-0.15, -0.1) is 0 Å². The van der Waals surface area contributed by atoms with E-state index in [1.54, 1.807) is 23.2 Å². The van der Waals surface area contributed by atoms with Gasteiger partial charge in [-0.2, -0.15) is 0 Å². The smallest absolute Gasteiger partial charge is 0.260 e. The highest BCUT2D eigenvalue weighted by atomic mass is 19.1. The summed E-state index contributed by atoms with van der Waals surface area (Å²) in [5.41, 5.74) is 1.02. The van der Waals surface area contributed by atoms with Gasteiger partial charge in [0.05, 0.1) is 0 Å². The van der Waals surface area contributed by atoms with Crippen molar-refractivity contribution in [2.24, 2.45) is 0 Å². The standard InChI is InChI=1S/C17H20FN3O2/c1-12-9-19-17(20-12)13-5-4-8-21(10-13)16(22)11-23-15-7-3-2-6-14(15)18/h2-3,6-7,9,13H,4-5,8,10-11H2,1H3,(H,19,20). The number of likely N-dealkylation sites (tertiary alicyclic amines) is 1. The summed E-state index contributed by atoms with van der Waals surface area (Å²) in [6, 6.07) is 6.10. The first-order valence-electron chi connectivity index (χ1n) is 7.80. The van der Waals surface area contributed by atoms with Crippen LogP contribution in [-0.2, 0) is 4.79 Å². The molecule has 1 unspecified atom stereocenters. The predicted octanol–water partition coefficient (Wildman–Crippen LogP) is 2.64. The molecule has 2 aromatic rings. The van der Waals surface area contributed by atoms with Gasteiger partial charge in [-0.3, -0.25) is 4.79 Å². The number of hydrogen-bond donors (Lipinski definition) is 1. The topological polar surface area (TPSA) is 58.2 Å². The van der Waals surface area contributed by atoms with Gasteiger partial charge < -0.3 is 14.6 Å². The molecule has 0 bridgehead atoms. The molecule has 1 aromatic heterocycles. The first-order valence-corrected chi connectivity index (χ1v) is 7.80. The van der Waals surface area contributed by atoms with Crippen molar-refractivity contribution < 1.29 is 13.9 Å². The second-order valence-corrected chi connectivity index (χ2v) is 5.85. The number of benzene rings is 1. The summed E-state index contributed by atoms with van der Waals surface area (Å²) in [5, 5.41) is 0. The number of aryl methyl sites for hydroxylation is 1. The van der Waals surface area contributed by atoms with Crippen LogP contribution in [0, 0.1) is 12.7 Å². The van der Waals surface area contributed by atoms with Crippen LogP contribution in [0.2, 0.25) is 0 Å². The summed E-state index contributed by atoms with van der Waals surface area (Å²) >= 11 is 0. The van der Waals surface area contributed by atoms with Crippen LogP contribution in [0.4, 0.5) is 4.39 Å². The number of para-hydroxylation sites is 1. The van der Waals surface area contributed by atoms with Crippen molar-refractivity contribution in [3.63, 3.8) is 0 Å². The monoisotopic (exact) mass is 317 g/mol. The van der Waals surface area contributed by atoms with Gasteiger partial charge in [0.15, 0.2) is 18.2 Å². The number of ether oxygens (including phenoxy) is 1. The zero-order valence-corrected chi connectivity index (χ0v) is 13.1. The highest BCUT2D eigenvalue weighted by molar-refractivity contribution is 5.78. The zero-order valence-electron chi connectivity index (χ0n) is 13.1. The van der Waals surface area contributed by atoms with Crippen molar-refractivity contribution in [1.29, 1.82) is 0 Å². The molecule has 1 aromatic carbocycles. The number of rotatable bonds is 4. The van der Waals surface area contributed by atoms with Crippen LogP contribution in [-0.4, -0.2) is 40.5 Å². The predicted molar refractivity (Wildman–Crippen MR) is 83.8 cm³/mol. The number of nitrogens with zero attached hydrogens (tertiary/aromatic N) is 2. The minimum Gasteiger partial charge on any atom is -0.481 e. The van der Waals surface area contributed by atoms with Gasteiger partial charge in [0.2, 0.25) is 0 Å². The highest BCUT2D eigenvalue weighted by Gasteiger charge is 2.26. The normalized spacial score (nSPS) is 18.0.